The van der Waals surface area contributed by atoms with E-state index in [1.807, 2.05) is 13.8 Å². The van der Waals surface area contributed by atoms with Crippen LogP contribution in [0.5, 0.6) is 0 Å². The van der Waals surface area contributed by atoms with Crippen LogP contribution in [0.1, 0.15) is 37.0 Å². The third kappa shape index (κ3) is 5.37. The first-order valence-corrected chi connectivity index (χ1v) is 6.29. The predicted octanol–water partition coefficient (Wildman–Crippen LogP) is 0.409. The van der Waals surface area contributed by atoms with E-state index >= 15 is 0 Å². The standard InChI is InChI=1S/C13H19N3O3/c1-3-9(2)16-12(18)6-7-14-13(19)10-4-5-11(17)15-8-10/h4-5,8-9H,3,6-7H2,1-2H3,(H,14,19)(H,15,17)(H,16,18). The molecule has 1 rings (SSSR count). The summed E-state index contributed by atoms with van der Waals surface area (Å²) in [6.45, 7) is 4.18. The lowest BCUT2D eigenvalue weighted by Crippen LogP contribution is -2.35. The van der Waals surface area contributed by atoms with Crippen LogP contribution in [0.15, 0.2) is 23.1 Å². The van der Waals surface area contributed by atoms with Gasteiger partial charge in [0.05, 0.1) is 5.56 Å². The fourth-order valence-electron chi connectivity index (χ4n) is 1.39. The van der Waals surface area contributed by atoms with Gasteiger partial charge in [-0.3, -0.25) is 14.4 Å². The lowest BCUT2D eigenvalue weighted by atomic mass is 10.2. The van der Waals surface area contributed by atoms with Gasteiger partial charge in [-0.25, -0.2) is 0 Å². The van der Waals surface area contributed by atoms with Crippen LogP contribution in [0.3, 0.4) is 0 Å². The Morgan fingerprint density at radius 3 is 2.68 bits per heavy atom. The van der Waals surface area contributed by atoms with Crippen molar-refractivity contribution in [3.63, 3.8) is 0 Å². The van der Waals surface area contributed by atoms with Gasteiger partial charge < -0.3 is 15.6 Å². The lowest BCUT2D eigenvalue weighted by Gasteiger charge is -2.11. The summed E-state index contributed by atoms with van der Waals surface area (Å²) < 4.78 is 0. The maximum Gasteiger partial charge on any atom is 0.252 e. The number of hydrogen-bond acceptors (Lipinski definition) is 3. The summed E-state index contributed by atoms with van der Waals surface area (Å²) in [7, 11) is 0. The highest BCUT2D eigenvalue weighted by molar-refractivity contribution is 5.94. The third-order valence-corrected chi connectivity index (χ3v) is 2.70. The van der Waals surface area contributed by atoms with Gasteiger partial charge in [-0.15, -0.1) is 0 Å². The fraction of sp³-hybridized carbons (Fsp3) is 0.462. The molecule has 0 saturated carbocycles. The number of carbonyl (C=O) groups excluding carboxylic acids is 2. The molecule has 6 nitrogen and oxygen atoms in total. The van der Waals surface area contributed by atoms with Gasteiger partial charge in [-0.2, -0.15) is 0 Å². The molecular formula is C13H19N3O3. The Bertz CT molecular complexity index is 476. The van der Waals surface area contributed by atoms with Crippen molar-refractivity contribution in [1.82, 2.24) is 15.6 Å². The number of rotatable bonds is 6. The van der Waals surface area contributed by atoms with Gasteiger partial charge in [0.25, 0.3) is 5.91 Å². The van der Waals surface area contributed by atoms with Crippen LogP contribution in [0.2, 0.25) is 0 Å². The fourth-order valence-corrected chi connectivity index (χ4v) is 1.39. The van der Waals surface area contributed by atoms with E-state index in [-0.39, 0.29) is 36.4 Å². The van der Waals surface area contributed by atoms with Gasteiger partial charge in [0.1, 0.15) is 0 Å². The summed E-state index contributed by atoms with van der Waals surface area (Å²) in [5, 5.41) is 5.43. The van der Waals surface area contributed by atoms with E-state index in [1.165, 1.54) is 18.3 Å². The molecule has 1 heterocycles. The van der Waals surface area contributed by atoms with E-state index in [1.54, 1.807) is 0 Å². The highest BCUT2D eigenvalue weighted by atomic mass is 16.2. The molecule has 3 N–H and O–H groups in total. The van der Waals surface area contributed by atoms with Gasteiger partial charge >= 0.3 is 0 Å². The summed E-state index contributed by atoms with van der Waals surface area (Å²) in [5.74, 6) is -0.399. The number of aromatic nitrogens is 1. The molecule has 0 aliphatic heterocycles. The smallest absolute Gasteiger partial charge is 0.252 e. The number of hydrogen-bond donors (Lipinski definition) is 3. The van der Waals surface area contributed by atoms with Gasteiger partial charge in [-0.1, -0.05) is 6.92 Å². The van der Waals surface area contributed by atoms with Crippen LogP contribution in [-0.2, 0) is 4.79 Å². The van der Waals surface area contributed by atoms with Crippen LogP contribution in [-0.4, -0.2) is 29.4 Å². The Morgan fingerprint density at radius 1 is 1.37 bits per heavy atom. The minimum atomic E-state index is -0.312. The maximum absolute atomic E-state index is 11.7. The van der Waals surface area contributed by atoms with Gasteiger partial charge in [0.2, 0.25) is 11.5 Å². The molecule has 0 radical (unpaired) electrons. The van der Waals surface area contributed by atoms with Crippen LogP contribution >= 0.6 is 0 Å². The second-order valence-corrected chi connectivity index (χ2v) is 4.32. The van der Waals surface area contributed by atoms with Crippen LogP contribution in [0.4, 0.5) is 0 Å². The first-order chi connectivity index (χ1) is 9.02. The Balaban J connectivity index is 2.33. The molecule has 0 saturated heterocycles. The Morgan fingerprint density at radius 2 is 2.11 bits per heavy atom. The minimum Gasteiger partial charge on any atom is -0.354 e. The van der Waals surface area contributed by atoms with E-state index in [2.05, 4.69) is 15.6 Å². The summed E-state index contributed by atoms with van der Waals surface area (Å²) in [6, 6.07) is 2.86. The van der Waals surface area contributed by atoms with Gasteiger partial charge in [0, 0.05) is 31.3 Å². The summed E-state index contributed by atoms with van der Waals surface area (Å²) >= 11 is 0. The monoisotopic (exact) mass is 265 g/mol. The molecule has 19 heavy (non-hydrogen) atoms. The molecule has 1 aromatic heterocycles. The summed E-state index contributed by atoms with van der Waals surface area (Å²) in [4.78, 5) is 36.4. The zero-order chi connectivity index (χ0) is 14.3. The van der Waals surface area contributed by atoms with Crippen molar-refractivity contribution < 1.29 is 9.59 Å². The normalized spacial score (nSPS) is 11.7. The molecule has 0 bridgehead atoms. The summed E-state index contributed by atoms with van der Waals surface area (Å²) in [6.07, 6.45) is 2.45. The maximum atomic E-state index is 11.7. The SMILES string of the molecule is CCC(C)NC(=O)CCNC(=O)c1ccc(=O)[nH]c1. The molecule has 0 aliphatic rings. The number of nitrogens with one attached hydrogen (secondary N) is 3. The van der Waals surface area contributed by atoms with Crippen LogP contribution in [0, 0.1) is 0 Å². The van der Waals surface area contributed by atoms with Gasteiger partial charge in [0.15, 0.2) is 0 Å². The van der Waals surface area contributed by atoms with Crippen molar-refractivity contribution in [3.05, 3.63) is 34.2 Å². The van der Waals surface area contributed by atoms with Crippen molar-refractivity contribution in [2.24, 2.45) is 0 Å². The first kappa shape index (κ1) is 14.9. The highest BCUT2D eigenvalue weighted by Crippen LogP contribution is 1.93. The molecule has 0 fully saturated rings. The molecule has 1 aromatic rings. The number of aromatic amines is 1. The van der Waals surface area contributed by atoms with E-state index in [0.29, 0.717) is 5.56 Å². The highest BCUT2D eigenvalue weighted by Gasteiger charge is 2.08. The van der Waals surface area contributed by atoms with Crippen molar-refractivity contribution in [2.75, 3.05) is 6.54 Å². The molecule has 0 spiro atoms. The van der Waals surface area contributed by atoms with Crippen molar-refractivity contribution in [1.29, 1.82) is 0 Å². The molecule has 0 aliphatic carbocycles. The van der Waals surface area contributed by atoms with E-state index < -0.39 is 0 Å². The number of carbonyl (C=O) groups is 2. The Hall–Kier alpha value is -2.11. The van der Waals surface area contributed by atoms with E-state index in [9.17, 15) is 14.4 Å². The second kappa shape index (κ2) is 7.35. The summed E-state index contributed by atoms with van der Waals surface area (Å²) in [5.41, 5.74) is 0.103. The molecule has 1 unspecified atom stereocenters. The molecule has 1 atom stereocenters. The molecule has 2 amide bonds. The van der Waals surface area contributed by atoms with Gasteiger partial charge in [-0.05, 0) is 19.4 Å². The topological polar surface area (TPSA) is 91.1 Å². The minimum absolute atomic E-state index is 0.0869. The Labute approximate surface area is 111 Å². The third-order valence-electron chi connectivity index (χ3n) is 2.70. The number of H-pyrrole nitrogens is 1. The first-order valence-electron chi connectivity index (χ1n) is 6.29. The lowest BCUT2D eigenvalue weighted by molar-refractivity contribution is -0.121. The molecular weight excluding hydrogens is 246 g/mol. The molecule has 6 heteroatoms. The Kier molecular flexibility index (Phi) is 5.78. The average Bonchev–Trinajstić information content (AvgIpc) is 2.39. The predicted molar refractivity (Wildman–Crippen MR) is 71.9 cm³/mol. The zero-order valence-electron chi connectivity index (χ0n) is 11.2. The van der Waals surface area contributed by atoms with E-state index in [0.717, 1.165) is 6.42 Å². The van der Waals surface area contributed by atoms with Crippen molar-refractivity contribution >= 4 is 11.8 Å². The van der Waals surface area contributed by atoms with E-state index in [4.69, 9.17) is 0 Å². The second-order valence-electron chi connectivity index (χ2n) is 4.32. The largest absolute Gasteiger partial charge is 0.354 e. The molecule has 104 valence electrons. The average molecular weight is 265 g/mol. The van der Waals surface area contributed by atoms with Crippen LogP contribution < -0.4 is 16.2 Å². The zero-order valence-corrected chi connectivity index (χ0v) is 11.2. The quantitative estimate of drug-likeness (QED) is 0.695. The van der Waals surface area contributed by atoms with Crippen LogP contribution in [0.25, 0.3) is 0 Å². The van der Waals surface area contributed by atoms with Crippen molar-refractivity contribution in [3.8, 4) is 0 Å². The number of amides is 2. The van der Waals surface area contributed by atoms with Crippen molar-refractivity contribution in [2.45, 2.75) is 32.7 Å². The molecule has 0 aromatic carbocycles. The number of pyridine rings is 1.